The van der Waals surface area contributed by atoms with Crippen LogP contribution in [0.1, 0.15) is 26.3 Å². The van der Waals surface area contributed by atoms with Gasteiger partial charge in [-0.15, -0.1) is 0 Å². The maximum absolute atomic E-state index is 12.2. The molecule has 0 radical (unpaired) electrons. The molecule has 132 valence electrons. The van der Waals surface area contributed by atoms with Crippen molar-refractivity contribution in [3.63, 3.8) is 0 Å². The quantitative estimate of drug-likeness (QED) is 0.645. The van der Waals surface area contributed by atoms with Crippen LogP contribution >= 0.6 is 0 Å². The molecule has 0 saturated carbocycles. The van der Waals surface area contributed by atoms with Gasteiger partial charge in [0.1, 0.15) is 0 Å². The van der Waals surface area contributed by atoms with Crippen molar-refractivity contribution >= 4 is 21.9 Å². The Labute approximate surface area is 145 Å². The highest BCUT2D eigenvalue weighted by molar-refractivity contribution is 7.89. The number of hydrogen-bond acceptors (Lipinski definition) is 4. The Kier molecular flexibility index (Phi) is 5.89. The van der Waals surface area contributed by atoms with Crippen LogP contribution in [-0.4, -0.2) is 38.5 Å². The van der Waals surface area contributed by atoms with Crippen molar-refractivity contribution in [3.8, 4) is 0 Å². The zero-order valence-electron chi connectivity index (χ0n) is 13.5. The summed E-state index contributed by atoms with van der Waals surface area (Å²) in [5, 5.41) is 11.6. The molecule has 3 N–H and O–H groups in total. The lowest BCUT2D eigenvalue weighted by Crippen LogP contribution is -2.35. The minimum Gasteiger partial charge on any atom is -0.478 e. The average Bonchev–Trinajstić information content (AvgIpc) is 2.58. The molecular formula is C17H18N2O5S. The third-order valence-electron chi connectivity index (χ3n) is 3.49. The number of rotatable bonds is 7. The largest absolute Gasteiger partial charge is 0.478 e. The van der Waals surface area contributed by atoms with Crippen molar-refractivity contribution in [2.45, 2.75) is 11.8 Å². The van der Waals surface area contributed by atoms with Crippen molar-refractivity contribution in [2.75, 3.05) is 13.1 Å². The normalized spacial score (nSPS) is 11.1. The molecular weight excluding hydrogens is 344 g/mol. The van der Waals surface area contributed by atoms with E-state index in [9.17, 15) is 18.0 Å². The van der Waals surface area contributed by atoms with Gasteiger partial charge < -0.3 is 10.4 Å². The van der Waals surface area contributed by atoms with E-state index in [0.717, 1.165) is 0 Å². The summed E-state index contributed by atoms with van der Waals surface area (Å²) in [7, 11) is -3.67. The summed E-state index contributed by atoms with van der Waals surface area (Å²) in [4.78, 5) is 23.3. The van der Waals surface area contributed by atoms with Crippen molar-refractivity contribution in [3.05, 3.63) is 65.2 Å². The molecule has 0 aliphatic carbocycles. The first kappa shape index (κ1) is 18.6. The van der Waals surface area contributed by atoms with E-state index in [1.807, 2.05) is 0 Å². The molecule has 0 unspecified atom stereocenters. The van der Waals surface area contributed by atoms with Crippen LogP contribution in [0.3, 0.4) is 0 Å². The van der Waals surface area contributed by atoms with Crippen LogP contribution in [0.5, 0.6) is 0 Å². The summed E-state index contributed by atoms with van der Waals surface area (Å²) in [5.74, 6) is -1.78. The predicted octanol–water partition coefficient (Wildman–Crippen LogP) is 1.40. The van der Waals surface area contributed by atoms with E-state index < -0.39 is 21.9 Å². The smallest absolute Gasteiger partial charge is 0.336 e. The zero-order chi connectivity index (χ0) is 18.4. The number of nitrogens with one attached hydrogen (secondary N) is 2. The molecule has 25 heavy (non-hydrogen) atoms. The first-order valence-corrected chi connectivity index (χ1v) is 8.97. The second kappa shape index (κ2) is 7.91. The van der Waals surface area contributed by atoms with E-state index in [1.54, 1.807) is 31.2 Å². The lowest BCUT2D eigenvalue weighted by Gasteiger charge is -2.10. The maximum atomic E-state index is 12.2. The van der Waals surface area contributed by atoms with Gasteiger partial charge in [0, 0.05) is 13.1 Å². The number of amides is 1. The SMILES string of the molecule is Cc1ccccc1S(=O)(=O)NCCNC(=O)c1ccccc1C(=O)O. The van der Waals surface area contributed by atoms with Crippen molar-refractivity contribution in [1.29, 1.82) is 0 Å². The third-order valence-corrected chi connectivity index (χ3v) is 5.11. The Morgan fingerprint density at radius 1 is 0.960 bits per heavy atom. The second-order valence-corrected chi connectivity index (χ2v) is 7.01. The van der Waals surface area contributed by atoms with E-state index >= 15 is 0 Å². The number of hydrogen-bond donors (Lipinski definition) is 3. The van der Waals surface area contributed by atoms with Crippen molar-refractivity contribution in [1.82, 2.24) is 10.0 Å². The van der Waals surface area contributed by atoms with Crippen LogP contribution in [-0.2, 0) is 10.0 Å². The molecule has 0 atom stereocenters. The van der Waals surface area contributed by atoms with Gasteiger partial charge in [0.25, 0.3) is 5.91 Å². The molecule has 0 aromatic heterocycles. The standard InChI is InChI=1S/C17H18N2O5S/c1-12-6-2-5-9-15(12)25(23,24)19-11-10-18-16(20)13-7-3-4-8-14(13)17(21)22/h2-9,19H,10-11H2,1H3,(H,18,20)(H,21,22). The van der Waals surface area contributed by atoms with E-state index in [0.29, 0.717) is 5.56 Å². The Morgan fingerprint density at radius 2 is 1.56 bits per heavy atom. The highest BCUT2D eigenvalue weighted by atomic mass is 32.2. The molecule has 0 spiro atoms. The minimum absolute atomic E-state index is 0.0162. The Hall–Kier alpha value is -2.71. The first-order chi connectivity index (χ1) is 11.8. The fourth-order valence-corrected chi connectivity index (χ4v) is 3.54. The van der Waals surface area contributed by atoms with Crippen molar-refractivity contribution in [2.24, 2.45) is 0 Å². The fraction of sp³-hybridized carbons (Fsp3) is 0.176. The van der Waals surface area contributed by atoms with E-state index in [4.69, 9.17) is 5.11 Å². The molecule has 0 aliphatic heterocycles. The van der Waals surface area contributed by atoms with Crippen LogP contribution in [0.4, 0.5) is 0 Å². The number of aryl methyl sites for hydroxylation is 1. The maximum Gasteiger partial charge on any atom is 0.336 e. The summed E-state index contributed by atoms with van der Waals surface area (Å²) >= 11 is 0. The first-order valence-electron chi connectivity index (χ1n) is 7.49. The van der Waals surface area contributed by atoms with Gasteiger partial charge in [-0.2, -0.15) is 0 Å². The Morgan fingerprint density at radius 3 is 2.20 bits per heavy atom. The third kappa shape index (κ3) is 4.65. The lowest BCUT2D eigenvalue weighted by molar-refractivity contribution is 0.0691. The number of benzene rings is 2. The highest BCUT2D eigenvalue weighted by Gasteiger charge is 2.17. The minimum atomic E-state index is -3.67. The van der Waals surface area contributed by atoms with Gasteiger partial charge in [0.2, 0.25) is 10.0 Å². The summed E-state index contributed by atoms with van der Waals surface area (Å²) < 4.78 is 26.8. The molecule has 2 aromatic carbocycles. The highest BCUT2D eigenvalue weighted by Crippen LogP contribution is 2.13. The Bertz CT molecular complexity index is 893. The molecule has 7 nitrogen and oxygen atoms in total. The van der Waals surface area contributed by atoms with Gasteiger partial charge in [-0.25, -0.2) is 17.9 Å². The van der Waals surface area contributed by atoms with Crippen LogP contribution in [0.15, 0.2) is 53.4 Å². The van der Waals surface area contributed by atoms with Crippen LogP contribution < -0.4 is 10.0 Å². The summed E-state index contributed by atoms with van der Waals surface area (Å²) in [5.41, 5.74) is 0.534. The number of aromatic carboxylic acids is 1. The lowest BCUT2D eigenvalue weighted by atomic mass is 10.1. The molecule has 1 amide bonds. The molecule has 0 fully saturated rings. The molecule has 0 saturated heterocycles. The van der Waals surface area contributed by atoms with Gasteiger partial charge in [-0.05, 0) is 30.7 Å². The number of carboxylic acid groups (broad SMARTS) is 1. The van der Waals surface area contributed by atoms with Gasteiger partial charge in [0.05, 0.1) is 16.0 Å². The number of sulfonamides is 1. The summed E-state index contributed by atoms with van der Waals surface area (Å²) in [6.45, 7) is 1.70. The molecule has 2 rings (SSSR count). The predicted molar refractivity (Wildman–Crippen MR) is 92.1 cm³/mol. The van der Waals surface area contributed by atoms with E-state index in [1.165, 1.54) is 24.3 Å². The van der Waals surface area contributed by atoms with E-state index in [2.05, 4.69) is 10.0 Å². The molecule has 8 heteroatoms. The summed E-state index contributed by atoms with van der Waals surface area (Å²) in [6, 6.07) is 12.4. The van der Waals surface area contributed by atoms with Crippen LogP contribution in [0.25, 0.3) is 0 Å². The monoisotopic (exact) mass is 362 g/mol. The number of carbonyl (C=O) groups excluding carboxylic acids is 1. The molecule has 0 heterocycles. The zero-order valence-corrected chi connectivity index (χ0v) is 14.3. The van der Waals surface area contributed by atoms with Crippen LogP contribution in [0.2, 0.25) is 0 Å². The average molecular weight is 362 g/mol. The molecule has 2 aromatic rings. The van der Waals surface area contributed by atoms with Crippen molar-refractivity contribution < 1.29 is 23.1 Å². The second-order valence-electron chi connectivity index (χ2n) is 5.27. The topological polar surface area (TPSA) is 113 Å². The number of carboxylic acids is 1. The van der Waals surface area contributed by atoms with Gasteiger partial charge in [-0.1, -0.05) is 30.3 Å². The molecule has 0 bridgehead atoms. The van der Waals surface area contributed by atoms with Gasteiger partial charge in [0.15, 0.2) is 0 Å². The van der Waals surface area contributed by atoms with E-state index in [-0.39, 0.29) is 29.1 Å². The fourth-order valence-electron chi connectivity index (χ4n) is 2.26. The molecule has 0 aliphatic rings. The Balaban J connectivity index is 1.95. The summed E-state index contributed by atoms with van der Waals surface area (Å²) in [6.07, 6.45) is 0. The van der Waals surface area contributed by atoms with Crippen LogP contribution in [0, 0.1) is 6.92 Å². The van der Waals surface area contributed by atoms with Gasteiger partial charge in [-0.3, -0.25) is 4.79 Å². The van der Waals surface area contributed by atoms with Gasteiger partial charge >= 0.3 is 5.97 Å². The number of carbonyl (C=O) groups is 2.